The van der Waals surface area contributed by atoms with Crippen LogP contribution >= 0.6 is 0 Å². The maximum Gasteiger partial charge on any atom is 0.310 e. The maximum absolute atomic E-state index is 13.8. The van der Waals surface area contributed by atoms with Crippen molar-refractivity contribution in [2.24, 2.45) is 5.92 Å². The molecule has 1 N–H and O–H groups in total. The average Bonchev–Trinajstić information content (AvgIpc) is 3.61. The lowest BCUT2D eigenvalue weighted by Crippen LogP contribution is -2.47. The van der Waals surface area contributed by atoms with Crippen LogP contribution in [0.4, 0.5) is 0 Å². The van der Waals surface area contributed by atoms with Crippen LogP contribution < -0.4 is 9.47 Å². The first-order chi connectivity index (χ1) is 18.9. The van der Waals surface area contributed by atoms with Crippen molar-refractivity contribution in [3.05, 3.63) is 64.9 Å². The van der Waals surface area contributed by atoms with E-state index in [1.165, 1.54) is 7.11 Å². The highest BCUT2D eigenvalue weighted by atomic mass is 16.7. The summed E-state index contributed by atoms with van der Waals surface area (Å²) in [6, 6.07) is 10.8. The minimum absolute atomic E-state index is 0.0927. The number of fused-ring (bicyclic) bond motifs is 3. The second-order valence-electron chi connectivity index (χ2n) is 10.7. The first kappa shape index (κ1) is 25.6. The van der Waals surface area contributed by atoms with E-state index in [9.17, 15) is 14.7 Å². The Bertz CT molecular complexity index is 1320. The molecule has 0 amide bonds. The maximum atomic E-state index is 13.8. The van der Waals surface area contributed by atoms with Gasteiger partial charge in [0.1, 0.15) is 11.5 Å². The molecule has 0 saturated carbocycles. The number of esters is 2. The van der Waals surface area contributed by atoms with Gasteiger partial charge >= 0.3 is 11.9 Å². The second kappa shape index (κ2) is 10.1. The minimum atomic E-state index is -0.796. The van der Waals surface area contributed by atoms with Gasteiger partial charge in [-0.15, -0.1) is 0 Å². The van der Waals surface area contributed by atoms with E-state index < -0.39 is 24.0 Å². The molecule has 1 spiro atoms. The molecule has 2 aromatic carbocycles. The molecule has 206 valence electrons. The van der Waals surface area contributed by atoms with Crippen LogP contribution in [0.2, 0.25) is 0 Å². The SMILES string of the molecule is COC(=O)C[C@H](Cc1cccc(O)c1)C(=O)O[C@@H]1C(OC)=C[C@]23CCCN2CCc2cc4c(cc2[C@H]13)OCO4. The third kappa shape index (κ3) is 4.48. The van der Waals surface area contributed by atoms with E-state index in [2.05, 4.69) is 17.0 Å². The number of carbonyl (C=O) groups is 2. The molecule has 0 unspecified atom stereocenters. The lowest BCUT2D eigenvalue weighted by molar-refractivity contribution is -0.159. The smallest absolute Gasteiger partial charge is 0.310 e. The Balaban J connectivity index is 1.36. The van der Waals surface area contributed by atoms with E-state index in [1.54, 1.807) is 25.3 Å². The zero-order valence-electron chi connectivity index (χ0n) is 22.2. The third-order valence-electron chi connectivity index (χ3n) is 8.57. The highest BCUT2D eigenvalue weighted by Crippen LogP contribution is 2.55. The molecular weight excluding hydrogens is 502 g/mol. The van der Waals surface area contributed by atoms with Crippen LogP contribution in [-0.4, -0.2) is 67.7 Å². The van der Waals surface area contributed by atoms with Gasteiger partial charge in [0.2, 0.25) is 6.79 Å². The Labute approximate surface area is 227 Å². The van der Waals surface area contributed by atoms with Gasteiger partial charge in [-0.3, -0.25) is 14.5 Å². The molecule has 0 radical (unpaired) electrons. The standard InChI is InChI=1S/C30H33NO8/c1-35-25-16-30-8-4-9-31(30)10-7-19-13-23-24(38-17-37-23)15-22(19)27(30)28(25)39-29(34)20(14-26(33)36-2)11-18-5-3-6-21(32)12-18/h3,5-6,12-13,15-16,20,27-28,32H,4,7-11,14,17H2,1-2H3/t20-,27+,28+,30-/m0/s1. The van der Waals surface area contributed by atoms with Crippen LogP contribution in [-0.2, 0) is 36.6 Å². The molecule has 0 bridgehead atoms. The number of hydrogen-bond donors (Lipinski definition) is 1. The van der Waals surface area contributed by atoms with Gasteiger partial charge in [-0.2, -0.15) is 0 Å². The van der Waals surface area contributed by atoms with Crippen molar-refractivity contribution in [1.82, 2.24) is 4.90 Å². The Morgan fingerprint density at radius 1 is 1.15 bits per heavy atom. The van der Waals surface area contributed by atoms with Gasteiger partial charge in [0.25, 0.3) is 0 Å². The van der Waals surface area contributed by atoms with Gasteiger partial charge < -0.3 is 28.8 Å². The van der Waals surface area contributed by atoms with Crippen LogP contribution in [0.3, 0.4) is 0 Å². The van der Waals surface area contributed by atoms with Gasteiger partial charge in [0.05, 0.1) is 38.0 Å². The highest BCUT2D eigenvalue weighted by molar-refractivity contribution is 5.80. The fourth-order valence-corrected chi connectivity index (χ4v) is 6.81. The topological polar surface area (TPSA) is 104 Å². The quantitative estimate of drug-likeness (QED) is 0.534. The molecule has 9 heteroatoms. The average molecular weight is 536 g/mol. The molecule has 3 aliphatic heterocycles. The molecule has 1 fully saturated rings. The van der Waals surface area contributed by atoms with Crippen LogP contribution in [0, 0.1) is 5.92 Å². The van der Waals surface area contributed by atoms with Crippen LogP contribution in [0.15, 0.2) is 48.2 Å². The van der Waals surface area contributed by atoms with Crippen molar-refractivity contribution >= 4 is 11.9 Å². The minimum Gasteiger partial charge on any atom is -0.508 e. The van der Waals surface area contributed by atoms with E-state index in [1.807, 2.05) is 12.1 Å². The van der Waals surface area contributed by atoms with Gasteiger partial charge in [0, 0.05) is 6.54 Å². The first-order valence-corrected chi connectivity index (χ1v) is 13.4. The molecule has 9 nitrogen and oxygen atoms in total. The number of hydrogen-bond acceptors (Lipinski definition) is 9. The number of phenols is 1. The Morgan fingerprint density at radius 2 is 1.97 bits per heavy atom. The Morgan fingerprint density at radius 3 is 2.74 bits per heavy atom. The molecular formula is C30H33NO8. The fourth-order valence-electron chi connectivity index (χ4n) is 6.81. The Kier molecular flexibility index (Phi) is 6.62. The summed E-state index contributed by atoms with van der Waals surface area (Å²) >= 11 is 0. The van der Waals surface area contributed by atoms with Gasteiger partial charge in [-0.25, -0.2) is 0 Å². The summed E-state index contributed by atoms with van der Waals surface area (Å²) in [4.78, 5) is 28.6. The molecule has 4 atom stereocenters. The Hall–Kier alpha value is -3.72. The number of aromatic hydroxyl groups is 1. The number of carbonyl (C=O) groups excluding carboxylic acids is 2. The van der Waals surface area contributed by atoms with Crippen molar-refractivity contribution in [1.29, 1.82) is 0 Å². The van der Waals surface area contributed by atoms with Crippen molar-refractivity contribution in [3.8, 4) is 17.2 Å². The van der Waals surface area contributed by atoms with E-state index in [-0.39, 0.29) is 36.8 Å². The number of phenolic OH excluding ortho intramolecular Hbond substituents is 1. The lowest BCUT2D eigenvalue weighted by atomic mass is 9.77. The summed E-state index contributed by atoms with van der Waals surface area (Å²) < 4.78 is 28.5. The second-order valence-corrected chi connectivity index (χ2v) is 10.7. The van der Waals surface area contributed by atoms with Crippen LogP contribution in [0.25, 0.3) is 0 Å². The largest absolute Gasteiger partial charge is 0.508 e. The first-order valence-electron chi connectivity index (χ1n) is 13.4. The number of benzene rings is 2. The fraction of sp³-hybridized carbons (Fsp3) is 0.467. The van der Waals surface area contributed by atoms with Gasteiger partial charge in [-0.1, -0.05) is 12.1 Å². The summed E-state index contributed by atoms with van der Waals surface area (Å²) in [5, 5.41) is 9.94. The lowest BCUT2D eigenvalue weighted by Gasteiger charge is -2.39. The zero-order valence-corrected chi connectivity index (χ0v) is 22.2. The zero-order chi connectivity index (χ0) is 27.1. The van der Waals surface area contributed by atoms with E-state index in [0.717, 1.165) is 54.8 Å². The summed E-state index contributed by atoms with van der Waals surface area (Å²) in [6.07, 6.45) is 4.36. The summed E-state index contributed by atoms with van der Waals surface area (Å²) in [5.74, 6) is 0.122. The molecule has 2 aromatic rings. The molecule has 0 aromatic heterocycles. The van der Waals surface area contributed by atoms with Crippen molar-refractivity contribution in [2.45, 2.75) is 49.7 Å². The predicted molar refractivity (Wildman–Crippen MR) is 139 cm³/mol. The normalized spacial score (nSPS) is 25.5. The summed E-state index contributed by atoms with van der Waals surface area (Å²) in [7, 11) is 2.90. The van der Waals surface area contributed by atoms with Crippen molar-refractivity contribution in [2.75, 3.05) is 34.1 Å². The van der Waals surface area contributed by atoms with Gasteiger partial charge in [-0.05, 0) is 79.3 Å². The van der Waals surface area contributed by atoms with Crippen molar-refractivity contribution in [3.63, 3.8) is 0 Å². The van der Waals surface area contributed by atoms with Crippen LogP contribution in [0.1, 0.15) is 41.9 Å². The molecule has 3 heterocycles. The van der Waals surface area contributed by atoms with E-state index in [0.29, 0.717) is 11.5 Å². The number of nitrogens with zero attached hydrogens (tertiary/aromatic N) is 1. The molecule has 1 aliphatic carbocycles. The summed E-state index contributed by atoms with van der Waals surface area (Å²) in [5.41, 5.74) is 2.59. The van der Waals surface area contributed by atoms with E-state index in [4.69, 9.17) is 23.7 Å². The van der Waals surface area contributed by atoms with Crippen molar-refractivity contribution < 1.29 is 38.4 Å². The molecule has 39 heavy (non-hydrogen) atoms. The number of methoxy groups -OCH3 is 2. The number of ether oxygens (including phenoxy) is 5. The molecule has 6 rings (SSSR count). The highest BCUT2D eigenvalue weighted by Gasteiger charge is 2.58. The molecule has 4 aliphatic rings. The number of rotatable bonds is 7. The van der Waals surface area contributed by atoms with E-state index >= 15 is 0 Å². The third-order valence-corrected chi connectivity index (χ3v) is 8.57. The summed E-state index contributed by atoms with van der Waals surface area (Å²) in [6.45, 7) is 2.01. The molecule has 1 saturated heterocycles. The van der Waals surface area contributed by atoms with Crippen LogP contribution in [0.5, 0.6) is 17.2 Å². The predicted octanol–water partition coefficient (Wildman–Crippen LogP) is 3.47. The monoisotopic (exact) mass is 535 g/mol. The van der Waals surface area contributed by atoms with Gasteiger partial charge in [0.15, 0.2) is 17.6 Å².